The smallest absolute Gasteiger partial charge is 0.302 e. The molecule has 0 bridgehead atoms. The summed E-state index contributed by atoms with van der Waals surface area (Å²) < 4.78 is 28.0. The fourth-order valence-electron chi connectivity index (χ4n) is 0.337. The molecule has 0 saturated heterocycles. The van der Waals surface area contributed by atoms with Crippen LogP contribution in [0.2, 0.25) is 0 Å². The van der Waals surface area contributed by atoms with Gasteiger partial charge in [0.1, 0.15) is 5.56 Å². The lowest BCUT2D eigenvalue weighted by atomic mass is 10.9. The van der Waals surface area contributed by atoms with Crippen molar-refractivity contribution in [3.05, 3.63) is 0 Å². The molecule has 0 aliphatic carbocycles. The van der Waals surface area contributed by atoms with Crippen LogP contribution in [0.3, 0.4) is 0 Å². The van der Waals surface area contributed by atoms with Gasteiger partial charge in [-0.15, -0.1) is 0 Å². The Morgan fingerprint density at radius 3 is 2.00 bits per heavy atom. The van der Waals surface area contributed by atoms with Crippen molar-refractivity contribution >= 4 is 27.2 Å². The Hall–Kier alpha value is 0.550. The molecule has 2 atom stereocenters. The van der Waals surface area contributed by atoms with Gasteiger partial charge in [-0.1, -0.05) is 11.6 Å². The zero-order chi connectivity index (χ0) is 9.99. The molecule has 0 aromatic heterocycles. The van der Waals surface area contributed by atoms with Gasteiger partial charge in [0.25, 0.3) is 0 Å². The Morgan fingerprint density at radius 1 is 1.33 bits per heavy atom. The third-order valence-corrected chi connectivity index (χ3v) is 2.96. The highest BCUT2D eigenvalue weighted by atomic mass is 35.5. The zero-order valence-corrected chi connectivity index (χ0v) is 8.37. The number of phosphoric acid groups is 2. The third kappa shape index (κ3) is 7.21. The van der Waals surface area contributed by atoms with Crippen molar-refractivity contribution in [3.63, 3.8) is 0 Å². The summed E-state index contributed by atoms with van der Waals surface area (Å²) in [6, 6.07) is 0. The van der Waals surface area contributed by atoms with E-state index in [4.69, 9.17) is 26.3 Å². The summed E-state index contributed by atoms with van der Waals surface area (Å²) in [4.78, 5) is 24.8. The highest BCUT2D eigenvalue weighted by molar-refractivity contribution is 7.60. The second kappa shape index (κ2) is 4.17. The van der Waals surface area contributed by atoms with Crippen molar-refractivity contribution in [3.8, 4) is 0 Å². The maximum Gasteiger partial charge on any atom is 0.482 e. The van der Waals surface area contributed by atoms with Crippen molar-refractivity contribution in [1.82, 2.24) is 0 Å². The first kappa shape index (κ1) is 12.6. The first-order valence-electron chi connectivity index (χ1n) is 2.54. The van der Waals surface area contributed by atoms with Crippen molar-refractivity contribution < 1.29 is 32.6 Å². The van der Waals surface area contributed by atoms with Crippen LogP contribution in [-0.2, 0) is 18.0 Å². The molecule has 0 spiro atoms. The summed E-state index contributed by atoms with van der Waals surface area (Å²) in [5.41, 5.74) is -1.19. The molecule has 0 rings (SSSR count). The van der Waals surface area contributed by atoms with Crippen LogP contribution in [0.4, 0.5) is 0 Å². The lowest BCUT2D eigenvalue weighted by Crippen LogP contribution is -1.99. The minimum atomic E-state index is -5.04. The van der Waals surface area contributed by atoms with E-state index in [1.807, 2.05) is 0 Å². The molecule has 12 heavy (non-hydrogen) atoms. The van der Waals surface area contributed by atoms with Crippen LogP contribution in [0.25, 0.3) is 0 Å². The van der Waals surface area contributed by atoms with Gasteiger partial charge in [0.15, 0.2) is 0 Å². The fraction of sp³-hybridized carbons (Fsp3) is 1.00. The topological polar surface area (TPSA) is 113 Å². The number of rotatable bonds is 4. The van der Waals surface area contributed by atoms with E-state index in [1.54, 1.807) is 0 Å². The fourth-order valence-corrected chi connectivity index (χ4v) is 2.24. The summed E-state index contributed by atoms with van der Waals surface area (Å²) in [7, 11) is -9.81. The molecule has 10 heteroatoms. The summed E-state index contributed by atoms with van der Waals surface area (Å²) in [6.07, 6.45) is 0. The van der Waals surface area contributed by atoms with Gasteiger partial charge in [0.05, 0.1) is 0 Å². The maximum absolute atomic E-state index is 10.6. The molecular weight excluding hydrogens is 233 g/mol. The van der Waals surface area contributed by atoms with Gasteiger partial charge in [-0.05, 0) is 6.92 Å². The summed E-state index contributed by atoms with van der Waals surface area (Å²) in [5.74, 6) is 0. The van der Waals surface area contributed by atoms with Crippen molar-refractivity contribution in [2.45, 2.75) is 12.5 Å². The van der Waals surface area contributed by atoms with Crippen LogP contribution in [-0.4, -0.2) is 20.2 Å². The monoisotopic (exact) mass is 240 g/mol. The van der Waals surface area contributed by atoms with E-state index in [0.29, 0.717) is 0 Å². The quantitative estimate of drug-likeness (QED) is 0.492. The number of hydrogen-bond donors (Lipinski definition) is 3. The Bertz CT molecular complexity index is 232. The molecular formula is C2H7ClO7P2. The van der Waals surface area contributed by atoms with Crippen LogP contribution in [0.15, 0.2) is 0 Å². The van der Waals surface area contributed by atoms with Crippen molar-refractivity contribution in [1.29, 1.82) is 0 Å². The van der Waals surface area contributed by atoms with Gasteiger partial charge in [0.2, 0.25) is 0 Å². The molecule has 0 aromatic carbocycles. The first-order chi connectivity index (χ1) is 5.12. The molecule has 2 unspecified atom stereocenters. The highest BCUT2D eigenvalue weighted by Crippen LogP contribution is 2.58. The predicted molar refractivity (Wildman–Crippen MR) is 39.4 cm³/mol. The molecule has 7 nitrogen and oxygen atoms in total. The standard InChI is InChI=1S/C2H7ClO7P2/c1-2(3)9-12(7,8)10-11(4,5)6/h2H,1H3,(H,7,8)(H2,4,5,6). The molecule has 0 aromatic rings. The minimum absolute atomic E-state index is 1.19. The Morgan fingerprint density at radius 2 is 1.75 bits per heavy atom. The van der Waals surface area contributed by atoms with E-state index in [1.165, 1.54) is 6.92 Å². The number of alkyl halides is 1. The number of halogens is 1. The van der Waals surface area contributed by atoms with Gasteiger partial charge >= 0.3 is 15.6 Å². The van der Waals surface area contributed by atoms with E-state index in [0.717, 1.165) is 0 Å². The molecule has 3 N–H and O–H groups in total. The zero-order valence-electron chi connectivity index (χ0n) is 5.82. The van der Waals surface area contributed by atoms with E-state index < -0.39 is 21.2 Å². The molecule has 0 amide bonds. The minimum Gasteiger partial charge on any atom is -0.302 e. The second-order valence-electron chi connectivity index (χ2n) is 1.69. The second-order valence-corrected chi connectivity index (χ2v) is 5.09. The van der Waals surface area contributed by atoms with Crippen LogP contribution in [0, 0.1) is 0 Å². The largest absolute Gasteiger partial charge is 0.482 e. The molecule has 0 aliphatic rings. The Labute approximate surface area is 73.1 Å². The molecule has 0 aliphatic heterocycles. The molecule has 0 heterocycles. The molecule has 74 valence electrons. The van der Waals surface area contributed by atoms with E-state index in [-0.39, 0.29) is 0 Å². The normalized spacial score (nSPS) is 20.1. The Kier molecular flexibility index (Phi) is 4.37. The van der Waals surface area contributed by atoms with Crippen molar-refractivity contribution in [2.75, 3.05) is 0 Å². The van der Waals surface area contributed by atoms with Gasteiger partial charge in [-0.2, -0.15) is 4.31 Å². The molecule has 0 fully saturated rings. The summed E-state index contributed by atoms with van der Waals surface area (Å²) in [5, 5.41) is 0. The summed E-state index contributed by atoms with van der Waals surface area (Å²) in [6.45, 7) is 1.19. The van der Waals surface area contributed by atoms with E-state index >= 15 is 0 Å². The van der Waals surface area contributed by atoms with E-state index in [9.17, 15) is 9.13 Å². The molecule has 0 radical (unpaired) electrons. The van der Waals surface area contributed by atoms with Crippen LogP contribution >= 0.6 is 27.2 Å². The number of phosphoric ester groups is 1. The lowest BCUT2D eigenvalue weighted by Gasteiger charge is -2.12. The van der Waals surface area contributed by atoms with E-state index in [2.05, 4.69) is 8.83 Å². The average molecular weight is 240 g/mol. The SMILES string of the molecule is CC(Cl)OP(=O)(O)OP(=O)(O)O. The van der Waals surface area contributed by atoms with Crippen LogP contribution < -0.4 is 0 Å². The van der Waals surface area contributed by atoms with Gasteiger partial charge in [-0.3, -0.25) is 4.52 Å². The third-order valence-electron chi connectivity index (χ3n) is 0.488. The van der Waals surface area contributed by atoms with Crippen LogP contribution in [0.5, 0.6) is 0 Å². The van der Waals surface area contributed by atoms with Gasteiger partial charge in [-0.25, -0.2) is 9.13 Å². The Balaban J connectivity index is 4.25. The first-order valence-corrected chi connectivity index (χ1v) is 6.01. The van der Waals surface area contributed by atoms with Crippen LogP contribution in [0.1, 0.15) is 6.92 Å². The van der Waals surface area contributed by atoms with Gasteiger partial charge < -0.3 is 14.7 Å². The van der Waals surface area contributed by atoms with Gasteiger partial charge in [0, 0.05) is 0 Å². The maximum atomic E-state index is 10.6. The molecule has 0 saturated carbocycles. The number of hydrogen-bond acceptors (Lipinski definition) is 4. The predicted octanol–water partition coefficient (Wildman–Crippen LogP) is 0.797. The average Bonchev–Trinajstić information content (AvgIpc) is 1.48. The lowest BCUT2D eigenvalue weighted by molar-refractivity contribution is 0.171. The summed E-state index contributed by atoms with van der Waals surface area (Å²) >= 11 is 5.10. The highest BCUT2D eigenvalue weighted by Gasteiger charge is 2.33. The van der Waals surface area contributed by atoms with Crippen molar-refractivity contribution in [2.24, 2.45) is 0 Å².